The van der Waals surface area contributed by atoms with E-state index in [-0.39, 0.29) is 22.2 Å². The molecule has 2 aromatic carbocycles. The number of hydrogen-bond acceptors (Lipinski definition) is 2. The van der Waals surface area contributed by atoms with Gasteiger partial charge in [-0.05, 0) is 101 Å². The maximum Gasteiger partial charge on any atom is 0.123 e. The molecule has 0 aliphatic heterocycles. The van der Waals surface area contributed by atoms with Crippen LogP contribution >= 0.6 is 0 Å². The van der Waals surface area contributed by atoms with Crippen LogP contribution < -0.4 is 4.74 Å². The van der Waals surface area contributed by atoms with Crippen molar-refractivity contribution in [3.8, 4) is 11.5 Å². The highest BCUT2D eigenvalue weighted by Gasteiger charge is 2.54. The predicted octanol–water partition coefficient (Wildman–Crippen LogP) is 8.53. The first kappa shape index (κ1) is 23.1. The monoisotopic (exact) mass is 474 g/mol. The zero-order valence-electron chi connectivity index (χ0n) is 22.1. The number of fused-ring (bicyclic) bond motifs is 8. The van der Waals surface area contributed by atoms with Crippen LogP contribution in [0.15, 0.2) is 29.9 Å². The molecule has 1 saturated carbocycles. The fourth-order valence-corrected chi connectivity index (χ4v) is 8.98. The van der Waals surface area contributed by atoms with Crippen molar-refractivity contribution in [1.82, 2.24) is 0 Å². The largest absolute Gasteiger partial charge is 0.507 e. The number of phenols is 1. The molecule has 0 bridgehead atoms. The Labute approximate surface area is 209 Å². The Balaban J connectivity index is 1.74. The van der Waals surface area contributed by atoms with Crippen LogP contribution in [-0.2, 0) is 11.8 Å². The molecule has 0 aromatic heterocycles. The Morgan fingerprint density at radius 3 is 2.43 bits per heavy atom. The molecule has 1 unspecified atom stereocenters. The second kappa shape index (κ2) is 7.37. The highest BCUT2D eigenvalue weighted by Crippen LogP contribution is 2.65. The van der Waals surface area contributed by atoms with Crippen molar-refractivity contribution in [2.24, 2.45) is 10.8 Å². The van der Waals surface area contributed by atoms with Crippen LogP contribution in [0.5, 0.6) is 11.5 Å². The van der Waals surface area contributed by atoms with Crippen molar-refractivity contribution in [3.63, 3.8) is 0 Å². The molecule has 2 aromatic rings. The summed E-state index contributed by atoms with van der Waals surface area (Å²) in [7, 11) is 1.66. The number of hydrogen-bond donors (Lipinski definition) is 1. The molecule has 6 rings (SSSR count). The smallest absolute Gasteiger partial charge is 0.123 e. The molecule has 0 radical (unpaired) electrons. The summed E-state index contributed by atoms with van der Waals surface area (Å²) >= 11 is 0. The van der Waals surface area contributed by atoms with Crippen LogP contribution in [0, 0.1) is 10.8 Å². The lowest BCUT2D eigenvalue weighted by atomic mass is 9.52. The fourth-order valence-electron chi connectivity index (χ4n) is 8.98. The molecule has 4 aliphatic rings. The van der Waals surface area contributed by atoms with Crippen molar-refractivity contribution in [2.45, 2.75) is 97.1 Å². The van der Waals surface area contributed by atoms with Gasteiger partial charge in [-0.1, -0.05) is 46.8 Å². The molecule has 1 fully saturated rings. The number of benzene rings is 2. The van der Waals surface area contributed by atoms with Crippen molar-refractivity contribution in [3.05, 3.63) is 52.1 Å². The molecule has 2 nitrogen and oxygen atoms in total. The van der Waals surface area contributed by atoms with Crippen molar-refractivity contribution < 1.29 is 14.2 Å². The van der Waals surface area contributed by atoms with Crippen molar-refractivity contribution >= 4 is 16.3 Å². The van der Waals surface area contributed by atoms with Gasteiger partial charge in [0, 0.05) is 22.3 Å². The van der Waals surface area contributed by atoms with E-state index in [2.05, 4.69) is 45.9 Å². The van der Waals surface area contributed by atoms with Gasteiger partial charge in [0.05, 0.1) is 7.11 Å². The van der Waals surface area contributed by atoms with E-state index in [0.29, 0.717) is 24.3 Å². The van der Waals surface area contributed by atoms with Gasteiger partial charge in [-0.2, -0.15) is 0 Å². The molecule has 0 saturated heterocycles. The summed E-state index contributed by atoms with van der Waals surface area (Å²) in [6.45, 7) is 11.6. The van der Waals surface area contributed by atoms with E-state index in [1.54, 1.807) is 7.11 Å². The molecule has 186 valence electrons. The Morgan fingerprint density at radius 2 is 1.74 bits per heavy atom. The molecule has 35 heavy (non-hydrogen) atoms. The SMILES string of the molecule is COc1cc2c(O)cc3c(c2c2c1[C@@H](C)C(F)CC2)C1=C(C=CCC1)C31CC(C)(C)CC(C)(C)C1. The van der Waals surface area contributed by atoms with Gasteiger partial charge in [0.1, 0.15) is 17.7 Å². The van der Waals surface area contributed by atoms with E-state index in [9.17, 15) is 9.50 Å². The number of methoxy groups -OCH3 is 1. The summed E-state index contributed by atoms with van der Waals surface area (Å²) < 4.78 is 20.7. The molecule has 4 aliphatic carbocycles. The molecule has 0 amide bonds. The third kappa shape index (κ3) is 3.19. The van der Waals surface area contributed by atoms with E-state index >= 15 is 0 Å². The molecule has 0 heterocycles. The van der Waals surface area contributed by atoms with Crippen LogP contribution in [0.3, 0.4) is 0 Å². The lowest BCUT2D eigenvalue weighted by Crippen LogP contribution is -2.44. The molecule has 2 atom stereocenters. The van der Waals surface area contributed by atoms with Crippen molar-refractivity contribution in [1.29, 1.82) is 0 Å². The lowest BCUT2D eigenvalue weighted by Gasteiger charge is -2.52. The predicted molar refractivity (Wildman–Crippen MR) is 142 cm³/mol. The number of halogens is 1. The minimum Gasteiger partial charge on any atom is -0.507 e. The Hall–Kier alpha value is -2.29. The van der Waals surface area contributed by atoms with E-state index < -0.39 is 6.17 Å². The van der Waals surface area contributed by atoms with Crippen LogP contribution in [0.4, 0.5) is 4.39 Å². The number of allylic oxidation sites excluding steroid dienone is 4. The first-order valence-corrected chi connectivity index (χ1v) is 13.4. The standard InChI is InChI=1S/C32H39FO2/c1-18-24(33)12-11-20-27(18)26(35-6)13-21-25(34)14-23-29(28(20)21)19-9-7-8-10-22(19)32(23)16-30(2,3)15-31(4,5)17-32/h8,10,13-14,18,24,34H,7,9,11-12,15-17H2,1-6H3/t18-,24?/m0/s1. The van der Waals surface area contributed by atoms with Crippen LogP contribution in [0.25, 0.3) is 16.3 Å². The first-order chi connectivity index (χ1) is 16.5. The number of ether oxygens (including phenoxy) is 1. The number of alkyl halides is 1. The van der Waals surface area contributed by atoms with E-state index in [0.717, 1.165) is 42.0 Å². The molecule has 1 spiro atoms. The van der Waals surface area contributed by atoms with Gasteiger partial charge < -0.3 is 9.84 Å². The topological polar surface area (TPSA) is 29.5 Å². The molecule has 1 N–H and O–H groups in total. The lowest BCUT2D eigenvalue weighted by molar-refractivity contribution is 0.0637. The maximum absolute atomic E-state index is 14.9. The van der Waals surface area contributed by atoms with E-state index in [1.165, 1.54) is 34.3 Å². The molecule has 3 heteroatoms. The summed E-state index contributed by atoms with van der Waals surface area (Å²) in [6.07, 6.45) is 10.5. The second-order valence-corrected chi connectivity index (χ2v) is 13.3. The maximum atomic E-state index is 14.9. The minimum atomic E-state index is -0.863. The Kier molecular flexibility index (Phi) is 4.87. The van der Waals surface area contributed by atoms with Crippen LogP contribution in [-0.4, -0.2) is 18.4 Å². The summed E-state index contributed by atoms with van der Waals surface area (Å²) in [6, 6.07) is 4.05. The first-order valence-electron chi connectivity index (χ1n) is 13.4. The summed E-state index contributed by atoms with van der Waals surface area (Å²) in [5.41, 5.74) is 8.10. The molecular formula is C32H39FO2. The van der Waals surface area contributed by atoms with Gasteiger partial charge in [0.2, 0.25) is 0 Å². The highest BCUT2D eigenvalue weighted by molar-refractivity contribution is 6.06. The average molecular weight is 475 g/mol. The summed E-state index contributed by atoms with van der Waals surface area (Å²) in [4.78, 5) is 0. The Bertz CT molecular complexity index is 1290. The zero-order valence-corrected chi connectivity index (χ0v) is 22.1. The van der Waals surface area contributed by atoms with E-state index in [4.69, 9.17) is 4.74 Å². The zero-order chi connectivity index (χ0) is 24.9. The molecular weight excluding hydrogens is 435 g/mol. The van der Waals surface area contributed by atoms with Gasteiger partial charge in [0.15, 0.2) is 0 Å². The number of aryl methyl sites for hydroxylation is 1. The van der Waals surface area contributed by atoms with E-state index in [1.807, 2.05) is 13.0 Å². The normalized spacial score (nSPS) is 27.6. The highest BCUT2D eigenvalue weighted by atomic mass is 19.1. The summed E-state index contributed by atoms with van der Waals surface area (Å²) in [5.74, 6) is 0.834. The second-order valence-electron chi connectivity index (χ2n) is 13.3. The van der Waals surface area contributed by atoms with Crippen molar-refractivity contribution in [2.75, 3.05) is 7.11 Å². The van der Waals surface area contributed by atoms with Gasteiger partial charge >= 0.3 is 0 Å². The summed E-state index contributed by atoms with van der Waals surface area (Å²) in [5, 5.41) is 13.5. The fraction of sp³-hybridized carbons (Fsp3) is 0.562. The van der Waals surface area contributed by atoms with Crippen LogP contribution in [0.1, 0.15) is 101 Å². The van der Waals surface area contributed by atoms with Crippen LogP contribution in [0.2, 0.25) is 0 Å². The van der Waals surface area contributed by atoms with Gasteiger partial charge in [-0.25, -0.2) is 4.39 Å². The number of rotatable bonds is 1. The third-order valence-corrected chi connectivity index (χ3v) is 9.42. The minimum absolute atomic E-state index is 0.0891. The Morgan fingerprint density at radius 1 is 1.03 bits per heavy atom. The van der Waals surface area contributed by atoms with Gasteiger partial charge in [0.25, 0.3) is 0 Å². The van der Waals surface area contributed by atoms with Gasteiger partial charge in [-0.15, -0.1) is 0 Å². The average Bonchev–Trinajstić information content (AvgIpc) is 3.02. The number of aromatic hydroxyl groups is 1. The number of phenolic OH excluding ortho intramolecular Hbond substituents is 1. The van der Waals surface area contributed by atoms with Gasteiger partial charge in [-0.3, -0.25) is 0 Å². The quantitative estimate of drug-likeness (QED) is 0.449. The third-order valence-electron chi connectivity index (χ3n) is 9.42.